The Balaban J connectivity index is 1.76. The Labute approximate surface area is 125 Å². The maximum absolute atomic E-state index is 13.1. The first-order valence-electron chi connectivity index (χ1n) is 8.09. The number of H-pyrrole nitrogens is 1. The Morgan fingerprint density at radius 1 is 1.14 bits per heavy atom. The minimum atomic E-state index is -0.235. The number of nitrogens with one attached hydrogen (secondary N) is 1. The molecular formula is C18H22N2O. The molecule has 0 atom stereocenters. The number of hydrogen-bond donors (Lipinski definition) is 1. The van der Waals surface area contributed by atoms with Gasteiger partial charge in [0.05, 0.1) is 5.41 Å². The molecule has 2 fully saturated rings. The molecule has 0 bridgehead atoms. The van der Waals surface area contributed by atoms with Gasteiger partial charge in [0.25, 0.3) is 0 Å². The predicted molar refractivity (Wildman–Crippen MR) is 84.4 cm³/mol. The average molecular weight is 282 g/mol. The van der Waals surface area contributed by atoms with E-state index in [0.717, 1.165) is 44.3 Å². The van der Waals surface area contributed by atoms with E-state index in [2.05, 4.69) is 35.0 Å². The summed E-state index contributed by atoms with van der Waals surface area (Å²) in [5.74, 6) is 0.370. The molecule has 0 radical (unpaired) electrons. The van der Waals surface area contributed by atoms with Gasteiger partial charge in [-0.15, -0.1) is 0 Å². The van der Waals surface area contributed by atoms with Crippen LogP contribution in [0.15, 0.2) is 24.3 Å². The van der Waals surface area contributed by atoms with Gasteiger partial charge in [0.15, 0.2) is 0 Å². The number of carbonyl (C=O) groups is 1. The fourth-order valence-electron chi connectivity index (χ4n) is 3.99. The van der Waals surface area contributed by atoms with Gasteiger partial charge in [0, 0.05) is 29.7 Å². The number of hydrogen-bond acceptors (Lipinski definition) is 1. The van der Waals surface area contributed by atoms with E-state index in [4.69, 9.17) is 0 Å². The van der Waals surface area contributed by atoms with Gasteiger partial charge >= 0.3 is 0 Å². The monoisotopic (exact) mass is 282 g/mol. The van der Waals surface area contributed by atoms with Crippen LogP contribution in [0.25, 0.3) is 10.9 Å². The van der Waals surface area contributed by atoms with Crippen LogP contribution in [0.4, 0.5) is 0 Å². The lowest BCUT2D eigenvalue weighted by molar-refractivity contribution is -0.134. The van der Waals surface area contributed by atoms with Crippen molar-refractivity contribution in [2.45, 2.75) is 44.4 Å². The third kappa shape index (κ3) is 1.90. The highest BCUT2D eigenvalue weighted by Gasteiger charge is 2.54. The van der Waals surface area contributed by atoms with Crippen molar-refractivity contribution in [3.8, 4) is 0 Å². The van der Waals surface area contributed by atoms with Gasteiger partial charge in [-0.2, -0.15) is 0 Å². The van der Waals surface area contributed by atoms with E-state index in [-0.39, 0.29) is 5.41 Å². The lowest BCUT2D eigenvalue weighted by Gasteiger charge is -2.31. The van der Waals surface area contributed by atoms with Gasteiger partial charge in [0.2, 0.25) is 5.91 Å². The standard InChI is InChI=1S/C18H22N2O/c1-13-16(14-7-3-4-8-15(14)19-13)18(9-10-18)17(21)20-11-5-2-6-12-20/h3-4,7-8,19H,2,5-6,9-12H2,1H3. The third-order valence-corrected chi connectivity index (χ3v) is 5.17. The molecule has 110 valence electrons. The molecule has 3 nitrogen and oxygen atoms in total. The van der Waals surface area contributed by atoms with Crippen LogP contribution in [0.2, 0.25) is 0 Å². The molecule has 1 aromatic heterocycles. The Bertz CT molecular complexity index is 690. The number of aryl methyl sites for hydroxylation is 1. The summed E-state index contributed by atoms with van der Waals surface area (Å²) in [5, 5.41) is 1.23. The highest BCUT2D eigenvalue weighted by Crippen LogP contribution is 2.53. The van der Waals surface area contributed by atoms with E-state index >= 15 is 0 Å². The molecule has 2 aromatic rings. The fraction of sp³-hybridized carbons (Fsp3) is 0.500. The van der Waals surface area contributed by atoms with Crippen molar-refractivity contribution >= 4 is 16.8 Å². The molecule has 3 heteroatoms. The zero-order valence-corrected chi connectivity index (χ0v) is 12.6. The van der Waals surface area contributed by atoms with Crippen molar-refractivity contribution in [3.05, 3.63) is 35.5 Å². The van der Waals surface area contributed by atoms with Gasteiger partial charge in [-0.1, -0.05) is 18.2 Å². The first-order chi connectivity index (χ1) is 10.2. The summed E-state index contributed by atoms with van der Waals surface area (Å²) in [5.41, 5.74) is 3.34. The number of nitrogens with zero attached hydrogens (tertiary/aromatic N) is 1. The van der Waals surface area contributed by atoms with E-state index in [1.54, 1.807) is 0 Å². The summed E-state index contributed by atoms with van der Waals surface area (Å²) in [6.07, 6.45) is 5.60. The van der Waals surface area contributed by atoms with E-state index in [9.17, 15) is 4.79 Å². The van der Waals surface area contributed by atoms with Crippen molar-refractivity contribution in [2.75, 3.05) is 13.1 Å². The van der Waals surface area contributed by atoms with Gasteiger partial charge < -0.3 is 9.88 Å². The third-order valence-electron chi connectivity index (χ3n) is 5.17. The number of benzene rings is 1. The number of likely N-dealkylation sites (tertiary alicyclic amines) is 1. The Hall–Kier alpha value is -1.77. The van der Waals surface area contributed by atoms with E-state index in [0.29, 0.717) is 5.91 Å². The van der Waals surface area contributed by atoms with Crippen LogP contribution in [0.1, 0.15) is 43.4 Å². The van der Waals surface area contributed by atoms with Crippen LogP contribution in [0, 0.1) is 6.92 Å². The van der Waals surface area contributed by atoms with Crippen LogP contribution in [-0.4, -0.2) is 28.9 Å². The van der Waals surface area contributed by atoms with Crippen molar-refractivity contribution in [1.82, 2.24) is 9.88 Å². The molecule has 2 aliphatic rings. The zero-order valence-electron chi connectivity index (χ0n) is 12.6. The second-order valence-corrected chi connectivity index (χ2v) is 6.61. The second-order valence-electron chi connectivity index (χ2n) is 6.61. The second kappa shape index (κ2) is 4.62. The molecule has 1 saturated heterocycles. The average Bonchev–Trinajstić information content (AvgIpc) is 3.24. The molecule has 1 aromatic carbocycles. The maximum atomic E-state index is 13.1. The highest BCUT2D eigenvalue weighted by molar-refractivity contribution is 5.98. The van der Waals surface area contributed by atoms with Gasteiger partial charge in [-0.05, 0) is 50.7 Å². The maximum Gasteiger partial charge on any atom is 0.233 e. The SMILES string of the molecule is Cc1[nH]c2ccccc2c1C1(C(=O)N2CCCCC2)CC1. The minimum absolute atomic E-state index is 0.235. The van der Waals surface area contributed by atoms with Gasteiger partial charge in [-0.25, -0.2) is 0 Å². The quantitative estimate of drug-likeness (QED) is 0.899. The molecule has 1 aliphatic carbocycles. The molecule has 1 N–H and O–H groups in total. The summed E-state index contributed by atoms with van der Waals surface area (Å²) in [6.45, 7) is 4.00. The summed E-state index contributed by atoms with van der Waals surface area (Å²) < 4.78 is 0. The van der Waals surface area contributed by atoms with E-state index in [1.807, 2.05) is 6.07 Å². The molecule has 0 spiro atoms. The molecular weight excluding hydrogens is 260 g/mol. The van der Waals surface area contributed by atoms with Crippen molar-refractivity contribution < 1.29 is 4.79 Å². The summed E-state index contributed by atoms with van der Waals surface area (Å²) in [4.78, 5) is 18.7. The van der Waals surface area contributed by atoms with Gasteiger partial charge in [0.1, 0.15) is 0 Å². The van der Waals surface area contributed by atoms with Crippen LogP contribution in [0.3, 0.4) is 0 Å². The van der Waals surface area contributed by atoms with Gasteiger partial charge in [-0.3, -0.25) is 4.79 Å². The first-order valence-corrected chi connectivity index (χ1v) is 8.09. The van der Waals surface area contributed by atoms with Crippen molar-refractivity contribution in [2.24, 2.45) is 0 Å². The number of piperidine rings is 1. The number of carbonyl (C=O) groups excluding carboxylic acids is 1. The smallest absolute Gasteiger partial charge is 0.233 e. The van der Waals surface area contributed by atoms with Crippen LogP contribution < -0.4 is 0 Å². The number of aromatic amines is 1. The van der Waals surface area contributed by atoms with Crippen molar-refractivity contribution in [1.29, 1.82) is 0 Å². The topological polar surface area (TPSA) is 36.1 Å². The predicted octanol–water partition coefficient (Wildman–Crippen LogP) is 3.52. The highest BCUT2D eigenvalue weighted by atomic mass is 16.2. The summed E-state index contributed by atoms with van der Waals surface area (Å²) in [7, 11) is 0. The molecule has 1 saturated carbocycles. The Morgan fingerprint density at radius 3 is 2.57 bits per heavy atom. The zero-order chi connectivity index (χ0) is 14.4. The molecule has 0 unspecified atom stereocenters. The lowest BCUT2D eigenvalue weighted by atomic mass is 9.91. The summed E-state index contributed by atoms with van der Waals surface area (Å²) >= 11 is 0. The lowest BCUT2D eigenvalue weighted by Crippen LogP contribution is -2.42. The number of amides is 1. The fourth-order valence-corrected chi connectivity index (χ4v) is 3.99. The summed E-state index contributed by atoms with van der Waals surface area (Å²) in [6, 6.07) is 8.37. The van der Waals surface area contributed by atoms with E-state index < -0.39 is 0 Å². The number of para-hydroxylation sites is 1. The number of fused-ring (bicyclic) bond motifs is 1. The molecule has 1 amide bonds. The molecule has 2 heterocycles. The van der Waals surface area contributed by atoms with Crippen LogP contribution in [-0.2, 0) is 10.2 Å². The molecule has 21 heavy (non-hydrogen) atoms. The van der Waals surface area contributed by atoms with Crippen LogP contribution in [0.5, 0.6) is 0 Å². The van der Waals surface area contributed by atoms with Crippen molar-refractivity contribution in [3.63, 3.8) is 0 Å². The number of aromatic nitrogens is 1. The largest absolute Gasteiger partial charge is 0.358 e. The normalized spacial score (nSPS) is 20.7. The Kier molecular flexibility index (Phi) is 2.84. The number of rotatable bonds is 2. The minimum Gasteiger partial charge on any atom is -0.358 e. The van der Waals surface area contributed by atoms with E-state index in [1.165, 1.54) is 23.1 Å². The molecule has 1 aliphatic heterocycles. The molecule has 4 rings (SSSR count). The van der Waals surface area contributed by atoms with Crippen LogP contribution >= 0.6 is 0 Å². The Morgan fingerprint density at radius 2 is 1.86 bits per heavy atom. The first kappa shape index (κ1) is 12.9.